The van der Waals surface area contributed by atoms with E-state index < -0.39 is 0 Å². The third kappa shape index (κ3) is 1.34. The van der Waals surface area contributed by atoms with Gasteiger partial charge in [0.2, 0.25) is 0 Å². The highest BCUT2D eigenvalue weighted by Crippen LogP contribution is 2.22. The molecule has 1 unspecified atom stereocenters. The van der Waals surface area contributed by atoms with Crippen molar-refractivity contribution in [2.24, 2.45) is 0 Å². The first kappa shape index (κ1) is 7.64. The Morgan fingerprint density at radius 3 is 2.80 bits per heavy atom. The van der Waals surface area contributed by atoms with Gasteiger partial charge >= 0.3 is 0 Å². The fourth-order valence-electron chi connectivity index (χ4n) is 1.51. The maximum Gasteiger partial charge on any atom is 0.0255 e. The zero-order valence-corrected chi connectivity index (χ0v) is 7.06. The van der Waals surface area contributed by atoms with Crippen molar-refractivity contribution in [1.29, 1.82) is 0 Å². The van der Waals surface area contributed by atoms with Gasteiger partial charge in [0.1, 0.15) is 0 Å². The molecule has 0 aromatic heterocycles. The normalized spacial score (nSPS) is 21.8. The minimum Gasteiger partial charge on any atom is -0.373 e. The zero-order valence-electron chi connectivity index (χ0n) is 7.06. The van der Waals surface area contributed by atoms with Crippen molar-refractivity contribution in [2.45, 2.75) is 39.2 Å². The van der Waals surface area contributed by atoms with Crippen molar-refractivity contribution < 1.29 is 0 Å². The van der Waals surface area contributed by atoms with Crippen LogP contribution in [0.15, 0.2) is 12.3 Å². The van der Waals surface area contributed by atoms with E-state index in [0.717, 1.165) is 0 Å². The lowest BCUT2D eigenvalue weighted by Crippen LogP contribution is -2.27. The Morgan fingerprint density at radius 1 is 1.70 bits per heavy atom. The lowest BCUT2D eigenvalue weighted by molar-refractivity contribution is 0.298. The van der Waals surface area contributed by atoms with E-state index in [1.807, 2.05) is 0 Å². The summed E-state index contributed by atoms with van der Waals surface area (Å²) in [7, 11) is 0. The molecule has 1 rings (SSSR count). The van der Waals surface area contributed by atoms with Crippen LogP contribution < -0.4 is 0 Å². The van der Waals surface area contributed by atoms with Gasteiger partial charge in [-0.1, -0.05) is 13.5 Å². The molecule has 0 aliphatic carbocycles. The van der Waals surface area contributed by atoms with Gasteiger partial charge in [0.15, 0.2) is 0 Å². The fraction of sp³-hybridized carbons (Fsp3) is 0.778. The van der Waals surface area contributed by atoms with E-state index in [2.05, 4.69) is 25.3 Å². The van der Waals surface area contributed by atoms with Crippen LogP contribution in [0.5, 0.6) is 0 Å². The SMILES string of the molecule is C=C1CCCN1C(C)CC. The highest BCUT2D eigenvalue weighted by Gasteiger charge is 2.18. The first-order chi connectivity index (χ1) is 4.75. The number of hydrogen-bond donors (Lipinski definition) is 0. The van der Waals surface area contributed by atoms with Crippen LogP contribution in [0, 0.1) is 0 Å². The van der Waals surface area contributed by atoms with Crippen molar-refractivity contribution in [3.63, 3.8) is 0 Å². The summed E-state index contributed by atoms with van der Waals surface area (Å²) in [4.78, 5) is 2.43. The summed E-state index contributed by atoms with van der Waals surface area (Å²) >= 11 is 0. The molecule has 1 heteroatoms. The van der Waals surface area contributed by atoms with Crippen molar-refractivity contribution in [3.05, 3.63) is 12.3 Å². The van der Waals surface area contributed by atoms with E-state index in [-0.39, 0.29) is 0 Å². The Hall–Kier alpha value is -0.460. The molecule has 0 N–H and O–H groups in total. The molecule has 0 aromatic rings. The van der Waals surface area contributed by atoms with Gasteiger partial charge in [0, 0.05) is 18.3 Å². The quantitative estimate of drug-likeness (QED) is 0.568. The number of allylic oxidation sites excluding steroid dienone is 1. The maximum absolute atomic E-state index is 4.03. The highest BCUT2D eigenvalue weighted by molar-refractivity contribution is 5.00. The Morgan fingerprint density at radius 2 is 2.40 bits per heavy atom. The second-order valence-electron chi connectivity index (χ2n) is 3.12. The first-order valence-electron chi connectivity index (χ1n) is 4.20. The standard InChI is InChI=1S/C9H17N/c1-4-8(2)10-7-5-6-9(10)3/h8H,3-7H2,1-2H3. The number of nitrogens with zero attached hydrogens (tertiary/aromatic N) is 1. The van der Waals surface area contributed by atoms with Crippen LogP contribution in [-0.4, -0.2) is 17.5 Å². The summed E-state index contributed by atoms with van der Waals surface area (Å²) in [5.41, 5.74) is 1.34. The summed E-state index contributed by atoms with van der Waals surface area (Å²) in [6.07, 6.45) is 3.76. The number of hydrogen-bond acceptors (Lipinski definition) is 1. The van der Waals surface area contributed by atoms with Gasteiger partial charge in [0.25, 0.3) is 0 Å². The predicted molar refractivity (Wildman–Crippen MR) is 44.8 cm³/mol. The van der Waals surface area contributed by atoms with Gasteiger partial charge in [0.05, 0.1) is 0 Å². The molecule has 0 radical (unpaired) electrons. The molecule has 0 saturated carbocycles. The minimum atomic E-state index is 0.704. The summed E-state index contributed by atoms with van der Waals surface area (Å²) in [6, 6.07) is 0.704. The lowest BCUT2D eigenvalue weighted by Gasteiger charge is -2.25. The largest absolute Gasteiger partial charge is 0.373 e. The monoisotopic (exact) mass is 139 g/mol. The minimum absolute atomic E-state index is 0.704. The molecule has 1 fully saturated rings. The number of rotatable bonds is 2. The fourth-order valence-corrected chi connectivity index (χ4v) is 1.51. The molecule has 0 spiro atoms. The lowest BCUT2D eigenvalue weighted by atomic mass is 10.2. The van der Waals surface area contributed by atoms with Crippen LogP contribution in [0.4, 0.5) is 0 Å². The van der Waals surface area contributed by atoms with Crippen molar-refractivity contribution in [2.75, 3.05) is 6.54 Å². The van der Waals surface area contributed by atoms with E-state index in [9.17, 15) is 0 Å². The first-order valence-corrected chi connectivity index (χ1v) is 4.20. The molecule has 10 heavy (non-hydrogen) atoms. The molecule has 1 aliphatic rings. The van der Waals surface area contributed by atoms with Crippen LogP contribution in [0.3, 0.4) is 0 Å². The summed E-state index contributed by atoms with van der Waals surface area (Å²) < 4.78 is 0. The van der Waals surface area contributed by atoms with Crippen LogP contribution >= 0.6 is 0 Å². The Bertz CT molecular complexity index is 129. The Labute approximate surface area is 63.7 Å². The van der Waals surface area contributed by atoms with Crippen LogP contribution in [0.25, 0.3) is 0 Å². The third-order valence-electron chi connectivity index (χ3n) is 2.39. The second kappa shape index (κ2) is 3.09. The molecule has 1 saturated heterocycles. The van der Waals surface area contributed by atoms with Gasteiger partial charge in [-0.05, 0) is 26.2 Å². The molecule has 1 heterocycles. The molecule has 1 nitrogen and oxygen atoms in total. The van der Waals surface area contributed by atoms with E-state index >= 15 is 0 Å². The molecule has 58 valence electrons. The highest BCUT2D eigenvalue weighted by atomic mass is 15.2. The summed E-state index contributed by atoms with van der Waals surface area (Å²) in [6.45, 7) is 9.77. The predicted octanol–water partition coefficient (Wildman–Crippen LogP) is 2.39. The van der Waals surface area contributed by atoms with Crippen molar-refractivity contribution in [3.8, 4) is 0 Å². The average Bonchev–Trinajstić information content (AvgIpc) is 2.34. The Kier molecular flexibility index (Phi) is 2.36. The molecule has 0 amide bonds. The van der Waals surface area contributed by atoms with Crippen LogP contribution in [-0.2, 0) is 0 Å². The smallest absolute Gasteiger partial charge is 0.0255 e. The van der Waals surface area contributed by atoms with E-state index in [1.165, 1.54) is 31.5 Å². The van der Waals surface area contributed by atoms with Crippen molar-refractivity contribution >= 4 is 0 Å². The molecular weight excluding hydrogens is 122 g/mol. The molecule has 1 aliphatic heterocycles. The van der Waals surface area contributed by atoms with Gasteiger partial charge in [-0.15, -0.1) is 0 Å². The molecule has 1 atom stereocenters. The molecule has 0 aromatic carbocycles. The van der Waals surface area contributed by atoms with Crippen LogP contribution in [0.2, 0.25) is 0 Å². The van der Waals surface area contributed by atoms with Gasteiger partial charge < -0.3 is 4.90 Å². The zero-order chi connectivity index (χ0) is 7.56. The maximum atomic E-state index is 4.03. The van der Waals surface area contributed by atoms with Gasteiger partial charge in [-0.25, -0.2) is 0 Å². The second-order valence-corrected chi connectivity index (χ2v) is 3.12. The van der Waals surface area contributed by atoms with Gasteiger partial charge in [-0.3, -0.25) is 0 Å². The van der Waals surface area contributed by atoms with Gasteiger partial charge in [-0.2, -0.15) is 0 Å². The number of likely N-dealkylation sites (tertiary alicyclic amines) is 1. The van der Waals surface area contributed by atoms with Crippen molar-refractivity contribution in [1.82, 2.24) is 4.90 Å². The topological polar surface area (TPSA) is 3.24 Å². The summed E-state index contributed by atoms with van der Waals surface area (Å²) in [5, 5.41) is 0. The van der Waals surface area contributed by atoms with E-state index in [0.29, 0.717) is 6.04 Å². The third-order valence-corrected chi connectivity index (χ3v) is 2.39. The van der Waals surface area contributed by atoms with E-state index in [1.54, 1.807) is 0 Å². The molecule has 0 bridgehead atoms. The molecular formula is C9H17N. The van der Waals surface area contributed by atoms with Crippen LogP contribution in [0.1, 0.15) is 33.1 Å². The summed E-state index contributed by atoms with van der Waals surface area (Å²) in [5.74, 6) is 0. The van der Waals surface area contributed by atoms with E-state index in [4.69, 9.17) is 0 Å². The Balaban J connectivity index is 2.46. The average molecular weight is 139 g/mol.